The molecule has 4 aromatic carbocycles. The minimum absolute atomic E-state index is 0.397. The second-order valence-electron chi connectivity index (χ2n) is 7.86. The maximum atomic E-state index is 11.7. The summed E-state index contributed by atoms with van der Waals surface area (Å²) in [4.78, 5) is 11.7. The van der Waals surface area contributed by atoms with Crippen LogP contribution in [0.15, 0.2) is 115 Å². The fourth-order valence-corrected chi connectivity index (χ4v) is 4.05. The number of hydrogen-bond acceptors (Lipinski definition) is 4. The first kappa shape index (κ1) is 22.3. The van der Waals surface area contributed by atoms with E-state index in [1.54, 1.807) is 0 Å². The van der Waals surface area contributed by atoms with E-state index in [2.05, 4.69) is 36.4 Å². The van der Waals surface area contributed by atoms with E-state index in [1.807, 2.05) is 78.9 Å². The fourth-order valence-electron chi connectivity index (χ4n) is 4.05. The lowest BCUT2D eigenvalue weighted by Crippen LogP contribution is -2.36. The van der Waals surface area contributed by atoms with Crippen molar-refractivity contribution in [3.63, 3.8) is 0 Å². The topological polar surface area (TPSA) is 61.5 Å². The molecule has 0 aliphatic carbocycles. The first-order valence-corrected chi connectivity index (χ1v) is 10.9. The smallest absolute Gasteiger partial charge is 0.322 e. The molecule has 4 nitrogen and oxygen atoms in total. The summed E-state index contributed by atoms with van der Waals surface area (Å²) in [6.07, 6.45) is 0.397. The van der Waals surface area contributed by atoms with Crippen LogP contribution in [0.3, 0.4) is 0 Å². The molecule has 166 valence electrons. The Bertz CT molecular complexity index is 1060. The molecule has 2 N–H and O–H groups in total. The molecule has 0 aliphatic rings. The molecule has 0 amide bonds. The Morgan fingerprint density at radius 3 is 1.55 bits per heavy atom. The van der Waals surface area contributed by atoms with Crippen LogP contribution in [0.4, 0.5) is 0 Å². The lowest BCUT2D eigenvalue weighted by Gasteiger charge is -2.36. The first-order chi connectivity index (χ1) is 16.1. The number of hydrogen-bond donors (Lipinski definition) is 1. The minimum atomic E-state index is -0.840. The van der Waals surface area contributed by atoms with Gasteiger partial charge in [-0.3, -0.25) is 4.79 Å². The van der Waals surface area contributed by atoms with Crippen molar-refractivity contribution < 1.29 is 14.3 Å². The number of carbonyl (C=O) groups excluding carboxylic acids is 1. The monoisotopic (exact) mass is 437 g/mol. The summed E-state index contributed by atoms with van der Waals surface area (Å²) in [5.74, 6) is 0.286. The molecule has 4 heteroatoms. The molecule has 0 fully saturated rings. The quantitative estimate of drug-likeness (QED) is 0.308. The van der Waals surface area contributed by atoms with E-state index < -0.39 is 17.6 Å². The van der Waals surface area contributed by atoms with Gasteiger partial charge in [0, 0.05) is 16.7 Å². The molecule has 4 rings (SSSR count). The van der Waals surface area contributed by atoms with Gasteiger partial charge in [-0.15, -0.1) is 0 Å². The molecule has 1 unspecified atom stereocenters. The van der Waals surface area contributed by atoms with Crippen molar-refractivity contribution in [2.45, 2.75) is 18.1 Å². The Hall–Kier alpha value is -3.89. The van der Waals surface area contributed by atoms with Crippen LogP contribution in [0.2, 0.25) is 0 Å². The lowest BCUT2D eigenvalue weighted by molar-refractivity contribution is -0.142. The van der Waals surface area contributed by atoms with Gasteiger partial charge in [-0.05, 0) is 24.1 Å². The number of carbonyl (C=O) groups is 1. The van der Waals surface area contributed by atoms with Gasteiger partial charge in [-0.25, -0.2) is 0 Å². The summed E-state index contributed by atoms with van der Waals surface area (Å²) in [5.41, 5.74) is 9.10. The Labute approximate surface area is 194 Å². The SMILES string of the molecule is COC(=O)C(N)Cc1ccc(OC(c2ccccc2)(c2ccccc2)c2ccccc2)cc1. The van der Waals surface area contributed by atoms with Gasteiger partial charge in [-0.1, -0.05) is 103 Å². The summed E-state index contributed by atoms with van der Waals surface area (Å²) < 4.78 is 11.6. The highest BCUT2D eigenvalue weighted by atomic mass is 16.5. The molecule has 4 aromatic rings. The molecule has 0 heterocycles. The molecular weight excluding hydrogens is 410 g/mol. The van der Waals surface area contributed by atoms with Crippen LogP contribution in [0, 0.1) is 0 Å². The normalized spacial score (nSPS) is 12.1. The van der Waals surface area contributed by atoms with Gasteiger partial charge in [0.25, 0.3) is 0 Å². The number of rotatable bonds is 8. The highest BCUT2D eigenvalue weighted by Gasteiger charge is 2.38. The summed E-state index contributed by atoms with van der Waals surface area (Å²) in [6, 6.07) is 37.7. The predicted molar refractivity (Wildman–Crippen MR) is 130 cm³/mol. The standard InChI is InChI=1S/C29H27NO3/c1-32-28(31)27(30)21-22-17-19-26(20-18-22)33-29(23-11-5-2-6-12-23,24-13-7-3-8-14-24)25-15-9-4-10-16-25/h2-20,27H,21,30H2,1H3. The maximum Gasteiger partial charge on any atom is 0.322 e. The van der Waals surface area contributed by atoms with Gasteiger partial charge in [0.2, 0.25) is 0 Å². The van der Waals surface area contributed by atoms with E-state index in [0.717, 1.165) is 22.3 Å². The molecule has 33 heavy (non-hydrogen) atoms. The maximum absolute atomic E-state index is 11.7. The molecule has 0 bridgehead atoms. The van der Waals surface area contributed by atoms with Gasteiger partial charge < -0.3 is 15.2 Å². The van der Waals surface area contributed by atoms with Crippen molar-refractivity contribution in [3.8, 4) is 5.75 Å². The molecular formula is C29H27NO3. The minimum Gasteiger partial charge on any atom is -0.473 e. The second-order valence-corrected chi connectivity index (χ2v) is 7.86. The Morgan fingerprint density at radius 1 is 0.727 bits per heavy atom. The largest absolute Gasteiger partial charge is 0.473 e. The Morgan fingerprint density at radius 2 is 1.15 bits per heavy atom. The van der Waals surface area contributed by atoms with Gasteiger partial charge in [0.15, 0.2) is 5.60 Å². The van der Waals surface area contributed by atoms with E-state index in [0.29, 0.717) is 12.2 Å². The second kappa shape index (κ2) is 10.2. The molecule has 1 atom stereocenters. The first-order valence-electron chi connectivity index (χ1n) is 10.9. The average Bonchev–Trinajstić information content (AvgIpc) is 2.89. The van der Waals surface area contributed by atoms with Crippen molar-refractivity contribution in [3.05, 3.63) is 138 Å². The third kappa shape index (κ3) is 4.81. The molecule has 0 aromatic heterocycles. The predicted octanol–water partition coefficient (Wildman–Crippen LogP) is 5.10. The van der Waals surface area contributed by atoms with Crippen LogP contribution < -0.4 is 10.5 Å². The van der Waals surface area contributed by atoms with Crippen LogP contribution in [0.5, 0.6) is 5.75 Å². The highest BCUT2D eigenvalue weighted by Crippen LogP contribution is 2.41. The van der Waals surface area contributed by atoms with E-state index in [4.69, 9.17) is 15.2 Å². The van der Waals surface area contributed by atoms with Crippen LogP contribution >= 0.6 is 0 Å². The molecule has 0 aliphatic heterocycles. The van der Waals surface area contributed by atoms with Crippen molar-refractivity contribution in [2.75, 3.05) is 7.11 Å². The zero-order chi connectivity index (χ0) is 23.1. The average molecular weight is 438 g/mol. The zero-order valence-corrected chi connectivity index (χ0v) is 18.6. The Kier molecular flexibility index (Phi) is 6.86. The van der Waals surface area contributed by atoms with Crippen molar-refractivity contribution in [1.29, 1.82) is 0 Å². The number of nitrogens with two attached hydrogens (primary N) is 1. The van der Waals surface area contributed by atoms with Crippen molar-refractivity contribution >= 4 is 5.97 Å². The van der Waals surface area contributed by atoms with Crippen molar-refractivity contribution in [1.82, 2.24) is 0 Å². The van der Waals surface area contributed by atoms with E-state index in [-0.39, 0.29) is 0 Å². The van der Waals surface area contributed by atoms with Gasteiger partial charge in [0.1, 0.15) is 11.8 Å². The Balaban J connectivity index is 1.77. The van der Waals surface area contributed by atoms with Crippen LogP contribution in [-0.2, 0) is 21.6 Å². The van der Waals surface area contributed by atoms with Crippen LogP contribution in [0.1, 0.15) is 22.3 Å². The molecule has 0 spiro atoms. The summed E-state index contributed by atoms with van der Waals surface area (Å²) >= 11 is 0. The molecule has 0 saturated heterocycles. The number of methoxy groups -OCH3 is 1. The van der Waals surface area contributed by atoms with E-state index >= 15 is 0 Å². The lowest BCUT2D eigenvalue weighted by atomic mass is 9.80. The fraction of sp³-hybridized carbons (Fsp3) is 0.138. The van der Waals surface area contributed by atoms with Gasteiger partial charge >= 0.3 is 5.97 Å². The highest BCUT2D eigenvalue weighted by molar-refractivity contribution is 5.75. The van der Waals surface area contributed by atoms with Crippen LogP contribution in [-0.4, -0.2) is 19.1 Å². The molecule has 0 saturated carbocycles. The number of benzene rings is 4. The summed E-state index contributed by atoms with van der Waals surface area (Å²) in [6.45, 7) is 0. The number of ether oxygens (including phenoxy) is 2. The van der Waals surface area contributed by atoms with Gasteiger partial charge in [0.05, 0.1) is 7.11 Å². The molecule has 0 radical (unpaired) electrons. The van der Waals surface area contributed by atoms with Crippen molar-refractivity contribution in [2.24, 2.45) is 5.73 Å². The number of esters is 1. The third-order valence-corrected chi connectivity index (χ3v) is 5.69. The van der Waals surface area contributed by atoms with Gasteiger partial charge in [-0.2, -0.15) is 0 Å². The summed E-state index contributed by atoms with van der Waals surface area (Å²) in [7, 11) is 1.34. The van der Waals surface area contributed by atoms with E-state index in [9.17, 15) is 4.79 Å². The van der Waals surface area contributed by atoms with Crippen LogP contribution in [0.25, 0.3) is 0 Å². The third-order valence-electron chi connectivity index (χ3n) is 5.69. The zero-order valence-electron chi connectivity index (χ0n) is 18.6. The summed E-state index contributed by atoms with van der Waals surface area (Å²) in [5, 5.41) is 0. The van der Waals surface area contributed by atoms with E-state index in [1.165, 1.54) is 7.11 Å².